The lowest BCUT2D eigenvalue weighted by molar-refractivity contribution is 0.735. The van der Waals surface area contributed by atoms with Crippen molar-refractivity contribution in [2.45, 2.75) is 6.54 Å². The van der Waals surface area contributed by atoms with Crippen molar-refractivity contribution in [3.8, 4) is 0 Å². The molecule has 0 fully saturated rings. The molecular formula is C10H14BrN5S2. The summed E-state index contributed by atoms with van der Waals surface area (Å²) < 4.78 is 8.48. The number of amidine groups is 1. The summed E-state index contributed by atoms with van der Waals surface area (Å²) >= 11 is 2.58. The number of aromatic nitrogens is 2. The summed E-state index contributed by atoms with van der Waals surface area (Å²) in [5.74, 6) is 0.806. The molecule has 5 nitrogen and oxygen atoms in total. The molecular weight excluding hydrogens is 334 g/mol. The van der Waals surface area contributed by atoms with Gasteiger partial charge in [-0.2, -0.15) is 8.75 Å². The van der Waals surface area contributed by atoms with Crippen molar-refractivity contribution in [3.05, 3.63) is 23.8 Å². The van der Waals surface area contributed by atoms with Gasteiger partial charge in [-0.3, -0.25) is 5.41 Å². The molecule has 4 N–H and O–H groups in total. The number of thioether (sulfide) groups is 1. The average molecular weight is 348 g/mol. The first-order valence-electron chi connectivity index (χ1n) is 5.15. The molecule has 1 aromatic heterocycles. The van der Waals surface area contributed by atoms with Gasteiger partial charge < -0.3 is 11.1 Å². The van der Waals surface area contributed by atoms with Crippen LogP contribution in [0.2, 0.25) is 0 Å². The Kier molecular flexibility index (Phi) is 6.55. The molecule has 0 aliphatic heterocycles. The van der Waals surface area contributed by atoms with Crippen LogP contribution in [0.3, 0.4) is 0 Å². The SMILES string of the molecule is Br.N=C(N)SCCNCc1cccc2nsnc12. The lowest BCUT2D eigenvalue weighted by Gasteiger charge is -2.04. The lowest BCUT2D eigenvalue weighted by atomic mass is 10.2. The minimum absolute atomic E-state index is 0. The number of hydrogen-bond donors (Lipinski definition) is 3. The van der Waals surface area contributed by atoms with E-state index in [0.717, 1.165) is 35.4 Å². The van der Waals surface area contributed by atoms with E-state index < -0.39 is 0 Å². The van der Waals surface area contributed by atoms with Crippen molar-refractivity contribution in [2.75, 3.05) is 12.3 Å². The zero-order valence-electron chi connectivity index (χ0n) is 9.55. The van der Waals surface area contributed by atoms with Crippen LogP contribution in [-0.4, -0.2) is 26.2 Å². The van der Waals surface area contributed by atoms with Gasteiger partial charge in [-0.1, -0.05) is 23.9 Å². The fraction of sp³-hybridized carbons (Fsp3) is 0.300. The molecule has 0 bridgehead atoms. The number of halogens is 1. The highest BCUT2D eigenvalue weighted by molar-refractivity contribution is 8.93. The minimum Gasteiger partial charge on any atom is -0.379 e. The Morgan fingerprint density at radius 3 is 3.06 bits per heavy atom. The van der Waals surface area contributed by atoms with E-state index in [4.69, 9.17) is 11.1 Å². The van der Waals surface area contributed by atoms with Gasteiger partial charge in [-0.25, -0.2) is 0 Å². The quantitative estimate of drug-likeness (QED) is 0.437. The van der Waals surface area contributed by atoms with E-state index in [-0.39, 0.29) is 22.1 Å². The number of hydrogen-bond acceptors (Lipinski definition) is 6. The third-order valence-electron chi connectivity index (χ3n) is 2.22. The fourth-order valence-electron chi connectivity index (χ4n) is 1.46. The topological polar surface area (TPSA) is 87.7 Å². The van der Waals surface area contributed by atoms with Crippen LogP contribution in [0.4, 0.5) is 0 Å². The van der Waals surface area contributed by atoms with E-state index in [1.807, 2.05) is 12.1 Å². The first-order valence-corrected chi connectivity index (χ1v) is 6.86. The zero-order valence-corrected chi connectivity index (χ0v) is 12.9. The number of nitrogens with two attached hydrogens (primary N) is 1. The van der Waals surface area contributed by atoms with E-state index in [1.54, 1.807) is 0 Å². The van der Waals surface area contributed by atoms with Gasteiger partial charge in [0.05, 0.1) is 11.7 Å². The molecule has 18 heavy (non-hydrogen) atoms. The number of nitrogens with zero attached hydrogens (tertiary/aromatic N) is 2. The van der Waals surface area contributed by atoms with Gasteiger partial charge >= 0.3 is 0 Å². The van der Waals surface area contributed by atoms with Crippen LogP contribution in [0.25, 0.3) is 11.0 Å². The summed E-state index contributed by atoms with van der Waals surface area (Å²) in [5, 5.41) is 10.5. The van der Waals surface area contributed by atoms with Gasteiger partial charge in [0, 0.05) is 18.8 Å². The number of fused-ring (bicyclic) bond motifs is 1. The normalized spacial score (nSPS) is 10.2. The summed E-state index contributed by atoms with van der Waals surface area (Å²) in [6.45, 7) is 1.58. The van der Waals surface area contributed by atoms with Crippen LogP contribution in [0, 0.1) is 5.41 Å². The highest BCUT2D eigenvalue weighted by Gasteiger charge is 2.03. The highest BCUT2D eigenvalue weighted by atomic mass is 79.9. The first-order chi connectivity index (χ1) is 8.27. The first kappa shape index (κ1) is 15.4. The predicted molar refractivity (Wildman–Crippen MR) is 83.8 cm³/mol. The summed E-state index contributed by atoms with van der Waals surface area (Å²) in [5.41, 5.74) is 8.33. The molecule has 0 amide bonds. The molecule has 2 aromatic rings. The molecule has 0 aliphatic carbocycles. The average Bonchev–Trinajstić information content (AvgIpc) is 2.77. The molecule has 0 atom stereocenters. The molecule has 8 heteroatoms. The maximum absolute atomic E-state index is 7.08. The maximum atomic E-state index is 7.08. The van der Waals surface area contributed by atoms with Crippen molar-refractivity contribution in [1.82, 2.24) is 14.1 Å². The summed E-state index contributed by atoms with van der Waals surface area (Å²) in [7, 11) is 0. The van der Waals surface area contributed by atoms with E-state index >= 15 is 0 Å². The van der Waals surface area contributed by atoms with E-state index in [1.165, 1.54) is 23.5 Å². The Balaban J connectivity index is 0.00000162. The molecule has 0 aliphatic rings. The largest absolute Gasteiger partial charge is 0.379 e. The van der Waals surface area contributed by atoms with Gasteiger partial charge in [0.15, 0.2) is 5.17 Å². The second kappa shape index (κ2) is 7.67. The van der Waals surface area contributed by atoms with Crippen LogP contribution in [0.5, 0.6) is 0 Å². The van der Waals surface area contributed by atoms with Gasteiger partial charge in [-0.05, 0) is 11.6 Å². The van der Waals surface area contributed by atoms with Gasteiger partial charge in [0.1, 0.15) is 11.0 Å². The molecule has 0 saturated carbocycles. The Morgan fingerprint density at radius 1 is 1.44 bits per heavy atom. The van der Waals surface area contributed by atoms with Crippen LogP contribution >= 0.6 is 40.5 Å². The second-order valence-electron chi connectivity index (χ2n) is 3.44. The maximum Gasteiger partial charge on any atom is 0.151 e. The highest BCUT2D eigenvalue weighted by Crippen LogP contribution is 2.15. The Bertz CT molecular complexity index is 516. The van der Waals surface area contributed by atoms with Gasteiger partial charge in [-0.15, -0.1) is 17.0 Å². The molecule has 0 unspecified atom stereocenters. The van der Waals surface area contributed by atoms with E-state index in [0.29, 0.717) is 0 Å². The van der Waals surface area contributed by atoms with E-state index in [2.05, 4.69) is 20.1 Å². The monoisotopic (exact) mass is 347 g/mol. The molecule has 0 spiro atoms. The number of nitrogens with one attached hydrogen (secondary N) is 2. The fourth-order valence-corrected chi connectivity index (χ4v) is 2.50. The standard InChI is InChI=1S/C10H13N5S2.BrH/c11-10(12)16-5-4-13-6-7-2-1-3-8-9(7)15-17-14-8;/h1-3,13H,4-6H2,(H3,11,12);1H. The molecule has 2 rings (SSSR count). The van der Waals surface area contributed by atoms with E-state index in [9.17, 15) is 0 Å². The Morgan fingerprint density at radius 2 is 2.28 bits per heavy atom. The molecule has 1 heterocycles. The Hall–Kier alpha value is -0.700. The second-order valence-corrected chi connectivity index (χ2v) is 5.10. The van der Waals surface area contributed by atoms with Crippen LogP contribution in [0.1, 0.15) is 5.56 Å². The third-order valence-corrected chi connectivity index (χ3v) is 3.48. The van der Waals surface area contributed by atoms with Crippen LogP contribution < -0.4 is 11.1 Å². The van der Waals surface area contributed by atoms with Crippen LogP contribution in [-0.2, 0) is 6.54 Å². The number of rotatable bonds is 5. The molecule has 0 saturated heterocycles. The minimum atomic E-state index is 0. The summed E-state index contributed by atoms with van der Waals surface area (Å²) in [4.78, 5) is 0. The van der Waals surface area contributed by atoms with Crippen molar-refractivity contribution >= 4 is 56.7 Å². The van der Waals surface area contributed by atoms with Crippen LogP contribution in [0.15, 0.2) is 18.2 Å². The Labute approximate surface area is 124 Å². The molecule has 1 aromatic carbocycles. The van der Waals surface area contributed by atoms with Gasteiger partial charge in [0.2, 0.25) is 0 Å². The summed E-state index contributed by atoms with van der Waals surface area (Å²) in [6, 6.07) is 6.01. The molecule has 0 radical (unpaired) electrons. The van der Waals surface area contributed by atoms with Crippen molar-refractivity contribution in [1.29, 1.82) is 5.41 Å². The van der Waals surface area contributed by atoms with Crippen molar-refractivity contribution in [2.24, 2.45) is 5.73 Å². The van der Waals surface area contributed by atoms with Gasteiger partial charge in [0.25, 0.3) is 0 Å². The molecule has 98 valence electrons. The number of benzene rings is 1. The lowest BCUT2D eigenvalue weighted by Crippen LogP contribution is -2.18. The van der Waals surface area contributed by atoms with Crippen molar-refractivity contribution < 1.29 is 0 Å². The predicted octanol–water partition coefficient (Wildman–Crippen LogP) is 1.99. The van der Waals surface area contributed by atoms with Crippen molar-refractivity contribution in [3.63, 3.8) is 0 Å². The zero-order chi connectivity index (χ0) is 12.1. The summed E-state index contributed by atoms with van der Waals surface area (Å²) in [6.07, 6.45) is 0. The third kappa shape index (κ3) is 4.20. The smallest absolute Gasteiger partial charge is 0.151 e.